The molecule has 0 bridgehead atoms. The average Bonchev–Trinajstić information content (AvgIpc) is 3.13. The van der Waals surface area contributed by atoms with E-state index >= 15 is 0 Å². The summed E-state index contributed by atoms with van der Waals surface area (Å²) < 4.78 is 9.00. The largest absolute Gasteiger partial charge is 0.491 e. The van der Waals surface area contributed by atoms with Crippen molar-refractivity contribution in [1.82, 2.24) is 9.47 Å². The van der Waals surface area contributed by atoms with Gasteiger partial charge in [-0.2, -0.15) is 9.59 Å². The number of rotatable bonds is 4. The van der Waals surface area contributed by atoms with Gasteiger partial charge in [-0.05, 0) is 80.2 Å². The Morgan fingerprint density at radius 2 is 1.71 bits per heavy atom. The number of para-hydroxylation sites is 1. The summed E-state index contributed by atoms with van der Waals surface area (Å²) in [6, 6.07) is 13.6. The van der Waals surface area contributed by atoms with Crippen molar-refractivity contribution in [2.24, 2.45) is 0 Å². The van der Waals surface area contributed by atoms with Gasteiger partial charge in [0.15, 0.2) is 0 Å². The Morgan fingerprint density at radius 1 is 0.974 bits per heavy atom. The molecule has 0 atom stereocenters. The Balaban J connectivity index is 0.000000937. The molecule has 0 unspecified atom stereocenters. The molecule has 1 saturated heterocycles. The molecule has 0 spiro atoms. The number of benzene rings is 2. The average molecular weight is 515 g/mol. The molecule has 1 aromatic heterocycles. The lowest BCUT2D eigenvalue weighted by Crippen LogP contribution is -2.35. The lowest BCUT2D eigenvalue weighted by Gasteiger charge is -2.27. The Hall–Kier alpha value is -3.37. The number of carbonyl (C=O) groups excluding carboxylic acids is 3. The molecular weight excluding hydrogens is 476 g/mol. The van der Waals surface area contributed by atoms with Gasteiger partial charge < -0.3 is 14.2 Å². The summed E-state index contributed by atoms with van der Waals surface area (Å²) in [5, 5.41) is 1.43. The normalized spacial score (nSPS) is 17.3. The minimum Gasteiger partial charge on any atom is -0.491 e. The third-order valence-corrected chi connectivity index (χ3v) is 8.50. The van der Waals surface area contributed by atoms with Crippen LogP contribution in [0.25, 0.3) is 22.2 Å². The fourth-order valence-electron chi connectivity index (χ4n) is 6.73. The molecule has 3 heterocycles. The van der Waals surface area contributed by atoms with Gasteiger partial charge in [0.05, 0.1) is 12.2 Å². The van der Waals surface area contributed by atoms with Crippen LogP contribution in [-0.2, 0) is 27.3 Å². The number of hydrogen-bond donors (Lipinski definition) is 0. The van der Waals surface area contributed by atoms with E-state index in [4.69, 9.17) is 14.3 Å². The molecule has 0 radical (unpaired) electrons. The molecule has 0 N–H and O–H groups in total. The number of likely N-dealkylation sites (tertiary alicyclic amines) is 1. The van der Waals surface area contributed by atoms with E-state index in [0.717, 1.165) is 44.6 Å². The predicted octanol–water partition coefficient (Wildman–Crippen LogP) is 6.42. The van der Waals surface area contributed by atoms with E-state index in [1.807, 2.05) is 0 Å². The third-order valence-electron chi connectivity index (χ3n) is 8.50. The van der Waals surface area contributed by atoms with E-state index in [-0.39, 0.29) is 6.15 Å². The highest BCUT2D eigenvalue weighted by Crippen LogP contribution is 2.48. The molecule has 38 heavy (non-hydrogen) atoms. The summed E-state index contributed by atoms with van der Waals surface area (Å²) in [5.74, 6) is 1.91. The molecule has 1 saturated carbocycles. The number of nitrogens with zero attached hydrogens (tertiary/aromatic N) is 2. The first-order valence-electron chi connectivity index (χ1n) is 14.3. The van der Waals surface area contributed by atoms with E-state index < -0.39 is 0 Å². The minimum absolute atomic E-state index is 0.250. The van der Waals surface area contributed by atoms with E-state index in [9.17, 15) is 4.79 Å². The van der Waals surface area contributed by atoms with Crippen molar-refractivity contribution >= 4 is 23.0 Å². The van der Waals surface area contributed by atoms with E-state index in [1.54, 1.807) is 0 Å². The summed E-state index contributed by atoms with van der Waals surface area (Å²) in [6.45, 7) is 5.57. The first kappa shape index (κ1) is 26.2. The molecule has 3 aromatic rings. The zero-order chi connectivity index (χ0) is 26.5. The number of piperidine rings is 1. The lowest BCUT2D eigenvalue weighted by molar-refractivity contribution is -0.191. The maximum atomic E-state index is 12.9. The molecule has 6 rings (SSSR count). The number of fused-ring (bicyclic) bond motifs is 5. The van der Waals surface area contributed by atoms with Crippen molar-refractivity contribution in [1.29, 1.82) is 0 Å². The van der Waals surface area contributed by atoms with Crippen LogP contribution >= 0.6 is 0 Å². The highest BCUT2D eigenvalue weighted by molar-refractivity contribution is 5.94. The molecule has 2 fully saturated rings. The van der Waals surface area contributed by atoms with Crippen molar-refractivity contribution in [3.63, 3.8) is 0 Å². The molecule has 1 aliphatic carbocycles. The number of amides is 1. The fraction of sp³-hybridized carbons (Fsp3) is 0.500. The number of aromatic nitrogens is 1. The van der Waals surface area contributed by atoms with Crippen LogP contribution in [-0.4, -0.2) is 41.2 Å². The fourth-order valence-corrected chi connectivity index (χ4v) is 6.73. The topological polar surface area (TPSA) is 68.6 Å². The second kappa shape index (κ2) is 12.0. The standard InChI is InChI=1S/C31H38N2O2.CO2/c1-22-13-15-25-27(21-22)33-19-20-35-31-24(14-16-28(34)32-17-6-3-7-18-32)11-8-12-26(31)30(33)29(25)23-9-4-2-5-10-23;2-1-3/h8,11-13,15,21,23H,2-7,9-10,14,16-20H2,1H3;. The Labute approximate surface area is 225 Å². The summed E-state index contributed by atoms with van der Waals surface area (Å²) in [7, 11) is 0. The van der Waals surface area contributed by atoms with Gasteiger partial charge in [0.25, 0.3) is 0 Å². The van der Waals surface area contributed by atoms with Gasteiger partial charge in [-0.25, -0.2) is 0 Å². The van der Waals surface area contributed by atoms with Gasteiger partial charge in [0.2, 0.25) is 5.91 Å². The van der Waals surface area contributed by atoms with Crippen molar-refractivity contribution in [3.8, 4) is 17.0 Å². The zero-order valence-electron chi connectivity index (χ0n) is 22.5. The minimum atomic E-state index is 0.250. The summed E-state index contributed by atoms with van der Waals surface area (Å²) in [4.78, 5) is 31.2. The summed E-state index contributed by atoms with van der Waals surface area (Å²) >= 11 is 0. The van der Waals surface area contributed by atoms with Gasteiger partial charge in [0, 0.05) is 36.0 Å². The smallest absolute Gasteiger partial charge is 0.373 e. The molecule has 2 aromatic carbocycles. The Kier molecular flexibility index (Phi) is 8.29. The Bertz CT molecular complexity index is 1320. The van der Waals surface area contributed by atoms with Crippen LogP contribution in [0.4, 0.5) is 0 Å². The van der Waals surface area contributed by atoms with Crippen LogP contribution in [0, 0.1) is 6.92 Å². The highest BCUT2D eigenvalue weighted by Gasteiger charge is 2.30. The predicted molar refractivity (Wildman–Crippen MR) is 147 cm³/mol. The number of carbonyl (C=O) groups is 1. The second-order valence-electron chi connectivity index (χ2n) is 10.9. The quantitative estimate of drug-likeness (QED) is 0.403. The molecule has 6 heteroatoms. The maximum Gasteiger partial charge on any atom is 0.373 e. The van der Waals surface area contributed by atoms with Crippen LogP contribution in [0.1, 0.15) is 80.4 Å². The number of ether oxygens (including phenoxy) is 1. The highest BCUT2D eigenvalue weighted by atomic mass is 16.5. The van der Waals surface area contributed by atoms with Crippen molar-refractivity contribution in [2.45, 2.75) is 83.6 Å². The van der Waals surface area contributed by atoms with Crippen LogP contribution in [0.15, 0.2) is 36.4 Å². The second-order valence-corrected chi connectivity index (χ2v) is 10.9. The summed E-state index contributed by atoms with van der Waals surface area (Å²) in [6.07, 6.45) is 11.7. The van der Waals surface area contributed by atoms with Gasteiger partial charge in [-0.3, -0.25) is 4.79 Å². The number of hydrogen-bond acceptors (Lipinski definition) is 4. The molecule has 2 aliphatic heterocycles. The van der Waals surface area contributed by atoms with Gasteiger partial charge in [0.1, 0.15) is 12.4 Å². The van der Waals surface area contributed by atoms with Crippen molar-refractivity contribution < 1.29 is 19.1 Å². The molecular formula is C32H38N2O4. The summed E-state index contributed by atoms with van der Waals surface area (Å²) in [5.41, 5.74) is 7.96. The first-order chi connectivity index (χ1) is 18.6. The Morgan fingerprint density at radius 3 is 2.47 bits per heavy atom. The third kappa shape index (κ3) is 5.28. The van der Waals surface area contributed by atoms with Gasteiger partial charge in [-0.1, -0.05) is 43.5 Å². The lowest BCUT2D eigenvalue weighted by atomic mass is 9.81. The molecule has 200 valence electrons. The first-order valence-corrected chi connectivity index (χ1v) is 14.3. The molecule has 3 aliphatic rings. The molecule has 6 nitrogen and oxygen atoms in total. The van der Waals surface area contributed by atoms with Crippen molar-refractivity contribution in [2.75, 3.05) is 19.7 Å². The SMILES string of the molecule is Cc1ccc2c(C3CCCCC3)c3n(c2c1)CCOc1c(CCC(=O)N2CCCCC2)cccc1-3.O=C=O. The monoisotopic (exact) mass is 514 g/mol. The van der Waals surface area contributed by atoms with Crippen LogP contribution in [0.2, 0.25) is 0 Å². The van der Waals surface area contributed by atoms with Crippen LogP contribution in [0.5, 0.6) is 5.75 Å². The van der Waals surface area contributed by atoms with Crippen molar-refractivity contribution in [3.05, 3.63) is 53.1 Å². The van der Waals surface area contributed by atoms with E-state index in [0.29, 0.717) is 24.9 Å². The number of aryl methyl sites for hydroxylation is 2. The van der Waals surface area contributed by atoms with Crippen LogP contribution in [0.3, 0.4) is 0 Å². The van der Waals surface area contributed by atoms with Gasteiger partial charge in [-0.15, -0.1) is 0 Å². The zero-order valence-corrected chi connectivity index (χ0v) is 22.5. The van der Waals surface area contributed by atoms with Crippen LogP contribution < -0.4 is 4.74 Å². The molecule has 1 amide bonds. The van der Waals surface area contributed by atoms with E-state index in [2.05, 4.69) is 52.8 Å². The van der Waals surface area contributed by atoms with E-state index in [1.165, 1.54) is 77.4 Å². The maximum absolute atomic E-state index is 12.9. The van der Waals surface area contributed by atoms with Gasteiger partial charge >= 0.3 is 6.15 Å².